The molecular formula is C21H24N4O3. The average molecular weight is 380 g/mol. The number of aryl methyl sites for hydroxylation is 2. The molecule has 1 heterocycles. The number of ether oxygens (including phenoxy) is 1. The van der Waals surface area contributed by atoms with Gasteiger partial charge < -0.3 is 15.8 Å². The van der Waals surface area contributed by atoms with Crippen LogP contribution >= 0.6 is 0 Å². The van der Waals surface area contributed by atoms with Crippen LogP contribution < -0.4 is 16.0 Å². The van der Waals surface area contributed by atoms with Crippen molar-refractivity contribution in [2.75, 3.05) is 18.6 Å². The molecule has 0 aliphatic carbocycles. The summed E-state index contributed by atoms with van der Waals surface area (Å²) in [5.74, 6) is -0.313. The Balaban J connectivity index is 1.87. The first-order valence-electron chi connectivity index (χ1n) is 9.08. The third-order valence-corrected chi connectivity index (χ3v) is 4.89. The van der Waals surface area contributed by atoms with Gasteiger partial charge in [0.05, 0.1) is 18.8 Å². The lowest BCUT2D eigenvalue weighted by Gasteiger charge is -2.26. The van der Waals surface area contributed by atoms with Gasteiger partial charge in [0.1, 0.15) is 5.84 Å². The van der Waals surface area contributed by atoms with Crippen LogP contribution in [0.25, 0.3) is 0 Å². The van der Waals surface area contributed by atoms with Gasteiger partial charge in [-0.2, -0.15) is 0 Å². The molecule has 2 amide bonds. The second kappa shape index (κ2) is 8.12. The van der Waals surface area contributed by atoms with Crippen molar-refractivity contribution in [1.82, 2.24) is 5.32 Å². The maximum atomic E-state index is 12.5. The molecule has 1 aliphatic heterocycles. The number of hydrogen-bond acceptors (Lipinski definition) is 4. The molecule has 4 N–H and O–H groups in total. The fourth-order valence-corrected chi connectivity index (χ4v) is 3.38. The van der Waals surface area contributed by atoms with Gasteiger partial charge in [-0.15, -0.1) is 0 Å². The van der Waals surface area contributed by atoms with Crippen molar-refractivity contribution in [3.8, 4) is 0 Å². The molecule has 1 fully saturated rings. The van der Waals surface area contributed by atoms with Gasteiger partial charge in [-0.05, 0) is 36.6 Å². The predicted octanol–water partition coefficient (Wildman–Crippen LogP) is 2.66. The molecule has 0 radical (unpaired) electrons. The second-order valence-electron chi connectivity index (χ2n) is 6.82. The van der Waals surface area contributed by atoms with Crippen molar-refractivity contribution in [1.29, 1.82) is 5.41 Å². The lowest BCUT2D eigenvalue weighted by atomic mass is 10.0. The first kappa shape index (κ1) is 19.4. The molecule has 0 spiro atoms. The zero-order valence-electron chi connectivity index (χ0n) is 16.0. The topological polar surface area (TPSA) is 109 Å². The van der Waals surface area contributed by atoms with E-state index in [4.69, 9.17) is 11.1 Å². The summed E-state index contributed by atoms with van der Waals surface area (Å²) in [6, 6.07) is 13.0. The lowest BCUT2D eigenvalue weighted by Crippen LogP contribution is -2.32. The Labute approximate surface area is 164 Å². The zero-order valence-corrected chi connectivity index (χ0v) is 16.0. The molecule has 2 aromatic carbocycles. The summed E-state index contributed by atoms with van der Waals surface area (Å²) < 4.78 is 4.67. The highest BCUT2D eigenvalue weighted by Crippen LogP contribution is 2.33. The molecule has 7 nitrogen and oxygen atoms in total. The van der Waals surface area contributed by atoms with Crippen molar-refractivity contribution in [3.05, 3.63) is 64.7 Å². The van der Waals surface area contributed by atoms with Crippen molar-refractivity contribution in [3.63, 3.8) is 0 Å². The molecule has 1 saturated heterocycles. The summed E-state index contributed by atoms with van der Waals surface area (Å²) in [6.45, 7) is 2.39. The monoisotopic (exact) mass is 380 g/mol. The number of benzene rings is 2. The van der Waals surface area contributed by atoms with Crippen LogP contribution in [0.1, 0.15) is 34.7 Å². The number of hydrogen-bond donors (Lipinski definition) is 3. The van der Waals surface area contributed by atoms with E-state index in [1.54, 1.807) is 4.90 Å². The molecule has 1 aliphatic rings. The number of nitrogens with zero attached hydrogens (tertiary/aromatic N) is 1. The smallest absolute Gasteiger partial charge is 0.322 e. The first-order chi connectivity index (χ1) is 13.4. The van der Waals surface area contributed by atoms with Crippen molar-refractivity contribution in [2.24, 2.45) is 5.73 Å². The van der Waals surface area contributed by atoms with Gasteiger partial charge in [-0.3, -0.25) is 15.1 Å². The van der Waals surface area contributed by atoms with E-state index in [0.29, 0.717) is 30.6 Å². The molecule has 146 valence electrons. The number of carbonyl (C=O) groups is 2. The normalized spacial score (nSPS) is 16.0. The average Bonchev–Trinajstić information content (AvgIpc) is 3.07. The van der Waals surface area contributed by atoms with Crippen LogP contribution in [-0.2, 0) is 16.0 Å². The molecule has 3 rings (SSSR count). The van der Waals surface area contributed by atoms with E-state index >= 15 is 0 Å². The molecule has 0 bridgehead atoms. The summed E-state index contributed by atoms with van der Waals surface area (Å²) in [7, 11) is 1.38. The molecule has 7 heteroatoms. The van der Waals surface area contributed by atoms with E-state index in [1.165, 1.54) is 7.11 Å². The third-order valence-electron chi connectivity index (χ3n) is 4.89. The number of anilines is 1. The van der Waals surface area contributed by atoms with Gasteiger partial charge in [-0.25, -0.2) is 4.79 Å². The summed E-state index contributed by atoms with van der Waals surface area (Å²) in [4.78, 5) is 25.5. The number of carbonyl (C=O) groups excluding carboxylic acids is 2. The molecule has 28 heavy (non-hydrogen) atoms. The summed E-state index contributed by atoms with van der Waals surface area (Å²) in [5, 5.41) is 10.8. The van der Waals surface area contributed by atoms with Crippen molar-refractivity contribution < 1.29 is 14.3 Å². The molecule has 1 atom stereocenters. The van der Waals surface area contributed by atoms with Crippen LogP contribution in [0.15, 0.2) is 42.5 Å². The second-order valence-corrected chi connectivity index (χ2v) is 6.82. The number of amides is 2. The van der Waals surface area contributed by atoms with Crippen LogP contribution in [0.3, 0.4) is 0 Å². The van der Waals surface area contributed by atoms with E-state index in [-0.39, 0.29) is 23.9 Å². The van der Waals surface area contributed by atoms with Crippen LogP contribution in [0, 0.1) is 12.3 Å². The summed E-state index contributed by atoms with van der Waals surface area (Å²) in [5.41, 5.74) is 9.88. The fourth-order valence-electron chi connectivity index (χ4n) is 3.38. The Morgan fingerprint density at radius 2 is 2.00 bits per heavy atom. The number of rotatable bonds is 6. The Morgan fingerprint density at radius 1 is 1.29 bits per heavy atom. The number of esters is 1. The predicted molar refractivity (Wildman–Crippen MR) is 108 cm³/mol. The quantitative estimate of drug-likeness (QED) is 0.407. The van der Waals surface area contributed by atoms with Crippen LogP contribution in [0.2, 0.25) is 0 Å². The number of nitrogens with two attached hydrogens (primary N) is 1. The highest BCUT2D eigenvalue weighted by atomic mass is 16.5. The Morgan fingerprint density at radius 3 is 2.64 bits per heavy atom. The zero-order chi connectivity index (χ0) is 20.3. The molecule has 0 aromatic heterocycles. The highest BCUT2D eigenvalue weighted by Gasteiger charge is 2.34. The molecular weight excluding hydrogens is 356 g/mol. The van der Waals surface area contributed by atoms with Crippen molar-refractivity contribution in [2.45, 2.75) is 25.8 Å². The van der Waals surface area contributed by atoms with E-state index in [1.807, 2.05) is 49.4 Å². The van der Waals surface area contributed by atoms with E-state index in [0.717, 1.165) is 16.7 Å². The maximum absolute atomic E-state index is 12.5. The van der Waals surface area contributed by atoms with Gasteiger partial charge in [0.25, 0.3) is 0 Å². The lowest BCUT2D eigenvalue weighted by molar-refractivity contribution is -0.140. The third kappa shape index (κ3) is 3.98. The highest BCUT2D eigenvalue weighted by molar-refractivity contribution is 6.06. The van der Waals surface area contributed by atoms with E-state index < -0.39 is 0 Å². The van der Waals surface area contributed by atoms with Crippen LogP contribution in [0.4, 0.5) is 10.5 Å². The number of urea groups is 1. The number of amidine groups is 1. The number of nitrogen functional groups attached to an aromatic ring is 1. The van der Waals surface area contributed by atoms with E-state index in [9.17, 15) is 9.59 Å². The summed E-state index contributed by atoms with van der Waals surface area (Å²) in [6.07, 6.45) is 0.932. The number of methoxy groups -OCH3 is 1. The van der Waals surface area contributed by atoms with Gasteiger partial charge in [0, 0.05) is 18.5 Å². The Bertz CT molecular complexity index is 908. The molecule has 2 aromatic rings. The standard InChI is InChI=1S/C21H24N4O3/c1-13-3-9-17(16(11-13)20(22)23)25-18(12-24-21(25)27)15-7-4-14(5-8-15)6-10-19(26)28-2/h3-5,7-9,11,18H,6,10,12H2,1-2H3,(H3,22,23)(H,24,27). The molecule has 0 saturated carbocycles. The van der Waals surface area contributed by atoms with Crippen molar-refractivity contribution >= 4 is 23.5 Å². The minimum Gasteiger partial charge on any atom is -0.469 e. The Hall–Kier alpha value is -3.35. The van der Waals surface area contributed by atoms with Crippen LogP contribution in [-0.4, -0.2) is 31.5 Å². The van der Waals surface area contributed by atoms with Crippen LogP contribution in [0.5, 0.6) is 0 Å². The molecule has 1 unspecified atom stereocenters. The SMILES string of the molecule is COC(=O)CCc1ccc(C2CNC(=O)N2c2ccc(C)cc2C(=N)N)cc1. The minimum atomic E-state index is -0.239. The van der Waals surface area contributed by atoms with E-state index in [2.05, 4.69) is 10.1 Å². The van der Waals surface area contributed by atoms with Gasteiger partial charge in [-0.1, -0.05) is 35.9 Å². The van der Waals surface area contributed by atoms with Gasteiger partial charge in [0.15, 0.2) is 0 Å². The van der Waals surface area contributed by atoms with Gasteiger partial charge in [0.2, 0.25) is 0 Å². The Kier molecular flexibility index (Phi) is 5.63. The minimum absolute atomic E-state index is 0.0738. The maximum Gasteiger partial charge on any atom is 0.322 e. The summed E-state index contributed by atoms with van der Waals surface area (Å²) >= 11 is 0. The largest absolute Gasteiger partial charge is 0.469 e. The van der Waals surface area contributed by atoms with Gasteiger partial charge >= 0.3 is 12.0 Å². The first-order valence-corrected chi connectivity index (χ1v) is 9.08. The number of nitrogens with one attached hydrogen (secondary N) is 2. The fraction of sp³-hybridized carbons (Fsp3) is 0.286.